The Kier molecular flexibility index (Phi) is 6.69. The highest BCUT2D eigenvalue weighted by molar-refractivity contribution is 5.81. The maximum Gasteiger partial charge on any atom is 0.260 e. The van der Waals surface area contributed by atoms with Crippen molar-refractivity contribution in [2.75, 3.05) is 0 Å². The average Bonchev–Trinajstić information content (AvgIpc) is 2.38. The molecule has 118 valence electrons. The van der Waals surface area contributed by atoms with Crippen LogP contribution in [0.2, 0.25) is 0 Å². The fourth-order valence-electron chi connectivity index (χ4n) is 2.23. The molecule has 0 aliphatic carbocycles. The van der Waals surface area contributed by atoms with Crippen LogP contribution in [0.5, 0.6) is 5.75 Å². The first kappa shape index (κ1) is 17.5. The molecule has 0 radical (unpaired) electrons. The Hall–Kier alpha value is -1.55. The summed E-state index contributed by atoms with van der Waals surface area (Å²) < 4.78 is 5.84. The summed E-state index contributed by atoms with van der Waals surface area (Å²) in [5.74, 6) is 0.601. The Morgan fingerprint density at radius 1 is 1.33 bits per heavy atom. The predicted octanol–water partition coefficient (Wildman–Crippen LogP) is 3.09. The first-order valence-electron chi connectivity index (χ1n) is 7.68. The summed E-state index contributed by atoms with van der Waals surface area (Å²) in [6, 6.07) is 5.92. The molecular weight excluding hydrogens is 264 g/mol. The summed E-state index contributed by atoms with van der Waals surface area (Å²) in [5.41, 5.74) is 7.96. The highest BCUT2D eigenvalue weighted by Crippen LogP contribution is 2.26. The van der Waals surface area contributed by atoms with E-state index in [9.17, 15) is 4.79 Å². The van der Waals surface area contributed by atoms with Gasteiger partial charge >= 0.3 is 0 Å². The van der Waals surface area contributed by atoms with Crippen LogP contribution in [0.25, 0.3) is 0 Å². The predicted molar refractivity (Wildman–Crippen MR) is 86.4 cm³/mol. The number of amides is 1. The van der Waals surface area contributed by atoms with Crippen LogP contribution in [-0.4, -0.2) is 18.1 Å². The highest BCUT2D eigenvalue weighted by atomic mass is 16.5. The van der Waals surface area contributed by atoms with Gasteiger partial charge in [0.25, 0.3) is 5.91 Å². The van der Waals surface area contributed by atoms with Crippen LogP contribution in [-0.2, 0) is 4.79 Å². The molecule has 0 saturated carbocycles. The van der Waals surface area contributed by atoms with E-state index in [1.54, 1.807) is 6.92 Å². The zero-order chi connectivity index (χ0) is 16.0. The average molecular weight is 292 g/mol. The molecule has 1 rings (SSSR count). The summed E-state index contributed by atoms with van der Waals surface area (Å²) in [6.07, 6.45) is 1.47. The van der Waals surface area contributed by atoms with Gasteiger partial charge in [-0.25, -0.2) is 0 Å². The van der Waals surface area contributed by atoms with E-state index >= 15 is 0 Å². The maximum atomic E-state index is 12.1. The van der Waals surface area contributed by atoms with Crippen molar-refractivity contribution in [3.8, 4) is 5.75 Å². The van der Waals surface area contributed by atoms with Gasteiger partial charge in [0, 0.05) is 17.6 Å². The zero-order valence-electron chi connectivity index (χ0n) is 13.8. The lowest BCUT2D eigenvalue weighted by Crippen LogP contribution is -2.41. The van der Waals surface area contributed by atoms with E-state index < -0.39 is 6.10 Å². The van der Waals surface area contributed by atoms with Crippen molar-refractivity contribution >= 4 is 5.91 Å². The van der Waals surface area contributed by atoms with Crippen LogP contribution in [0.1, 0.15) is 57.7 Å². The van der Waals surface area contributed by atoms with Gasteiger partial charge in [-0.15, -0.1) is 0 Å². The molecule has 0 saturated heterocycles. The summed E-state index contributed by atoms with van der Waals surface area (Å²) in [4.78, 5) is 12.1. The number of benzene rings is 1. The molecule has 0 fully saturated rings. The quantitative estimate of drug-likeness (QED) is 0.811. The van der Waals surface area contributed by atoms with Crippen LogP contribution < -0.4 is 15.8 Å². The van der Waals surface area contributed by atoms with E-state index in [0.29, 0.717) is 5.75 Å². The lowest BCUT2D eigenvalue weighted by atomic mass is 10.1. The van der Waals surface area contributed by atoms with E-state index in [1.807, 2.05) is 39.0 Å². The summed E-state index contributed by atoms with van der Waals surface area (Å²) in [6.45, 7) is 9.77. The van der Waals surface area contributed by atoms with Crippen LogP contribution in [0.3, 0.4) is 0 Å². The van der Waals surface area contributed by atoms with E-state index in [1.165, 1.54) is 0 Å². The third kappa shape index (κ3) is 5.38. The van der Waals surface area contributed by atoms with Crippen molar-refractivity contribution in [3.05, 3.63) is 29.3 Å². The van der Waals surface area contributed by atoms with Crippen molar-refractivity contribution in [2.24, 2.45) is 5.73 Å². The van der Waals surface area contributed by atoms with Gasteiger partial charge in [0.05, 0.1) is 0 Å². The fraction of sp³-hybridized carbons (Fsp3) is 0.588. The Morgan fingerprint density at radius 3 is 2.57 bits per heavy atom. The van der Waals surface area contributed by atoms with Crippen molar-refractivity contribution in [3.63, 3.8) is 0 Å². The number of carbonyl (C=O) groups is 1. The Bertz CT molecular complexity index is 472. The molecule has 3 atom stereocenters. The lowest BCUT2D eigenvalue weighted by Gasteiger charge is -2.21. The molecule has 3 unspecified atom stereocenters. The SMILES string of the molecule is CCCC(C)NC(=O)C(C)Oc1cc(C)ccc1C(C)N. The Balaban J connectivity index is 2.76. The van der Waals surface area contributed by atoms with Gasteiger partial charge in [-0.2, -0.15) is 0 Å². The minimum atomic E-state index is -0.538. The minimum absolute atomic E-state index is 0.0897. The molecule has 3 N–H and O–H groups in total. The highest BCUT2D eigenvalue weighted by Gasteiger charge is 2.19. The molecule has 0 aliphatic heterocycles. The molecule has 0 spiro atoms. The number of ether oxygens (including phenoxy) is 1. The van der Waals surface area contributed by atoms with Crippen LogP contribution >= 0.6 is 0 Å². The van der Waals surface area contributed by atoms with E-state index in [2.05, 4.69) is 12.2 Å². The van der Waals surface area contributed by atoms with E-state index in [4.69, 9.17) is 10.5 Å². The van der Waals surface area contributed by atoms with Gasteiger partial charge < -0.3 is 15.8 Å². The molecular formula is C17H28N2O2. The van der Waals surface area contributed by atoms with Gasteiger partial charge in [-0.3, -0.25) is 4.79 Å². The molecule has 21 heavy (non-hydrogen) atoms. The number of hydrogen-bond acceptors (Lipinski definition) is 3. The number of nitrogens with two attached hydrogens (primary N) is 1. The molecule has 4 heteroatoms. The molecule has 4 nitrogen and oxygen atoms in total. The zero-order valence-corrected chi connectivity index (χ0v) is 13.8. The minimum Gasteiger partial charge on any atom is -0.481 e. The molecule has 1 aromatic carbocycles. The first-order chi connectivity index (χ1) is 9.85. The van der Waals surface area contributed by atoms with Gasteiger partial charge in [-0.1, -0.05) is 25.5 Å². The van der Waals surface area contributed by atoms with Gasteiger partial charge in [0.1, 0.15) is 5.75 Å². The summed E-state index contributed by atoms with van der Waals surface area (Å²) in [7, 11) is 0. The van der Waals surface area contributed by atoms with Gasteiger partial charge in [0.2, 0.25) is 0 Å². The Labute approximate surface area is 128 Å². The standard InChI is InChI=1S/C17H28N2O2/c1-6-7-12(3)19-17(20)14(5)21-16-10-11(2)8-9-15(16)13(4)18/h8-10,12-14H,6-7,18H2,1-5H3,(H,19,20). The van der Waals surface area contributed by atoms with Crippen molar-refractivity contribution in [2.45, 2.75) is 65.6 Å². The van der Waals surface area contributed by atoms with E-state index in [-0.39, 0.29) is 18.0 Å². The molecule has 0 heterocycles. The topological polar surface area (TPSA) is 64.3 Å². The van der Waals surface area contributed by atoms with Crippen LogP contribution in [0.4, 0.5) is 0 Å². The second-order valence-corrected chi connectivity index (χ2v) is 5.79. The van der Waals surface area contributed by atoms with E-state index in [0.717, 1.165) is 24.0 Å². The number of nitrogens with one attached hydrogen (secondary N) is 1. The van der Waals surface area contributed by atoms with Crippen LogP contribution in [0, 0.1) is 6.92 Å². The molecule has 1 amide bonds. The number of rotatable bonds is 7. The second kappa shape index (κ2) is 8.03. The summed E-state index contributed by atoms with van der Waals surface area (Å²) >= 11 is 0. The number of aryl methyl sites for hydroxylation is 1. The Morgan fingerprint density at radius 2 is 2.00 bits per heavy atom. The second-order valence-electron chi connectivity index (χ2n) is 5.79. The fourth-order valence-corrected chi connectivity index (χ4v) is 2.23. The smallest absolute Gasteiger partial charge is 0.260 e. The maximum absolute atomic E-state index is 12.1. The number of carbonyl (C=O) groups excluding carboxylic acids is 1. The van der Waals surface area contributed by atoms with Gasteiger partial charge in [-0.05, 0) is 45.7 Å². The lowest BCUT2D eigenvalue weighted by molar-refractivity contribution is -0.127. The largest absolute Gasteiger partial charge is 0.481 e. The third-order valence-electron chi connectivity index (χ3n) is 3.44. The van der Waals surface area contributed by atoms with Crippen molar-refractivity contribution < 1.29 is 9.53 Å². The number of hydrogen-bond donors (Lipinski definition) is 2. The van der Waals surface area contributed by atoms with Gasteiger partial charge in [0.15, 0.2) is 6.10 Å². The molecule has 0 bridgehead atoms. The summed E-state index contributed by atoms with van der Waals surface area (Å²) in [5, 5.41) is 2.97. The van der Waals surface area contributed by atoms with Crippen molar-refractivity contribution in [1.29, 1.82) is 0 Å². The normalized spacial score (nSPS) is 15.1. The van der Waals surface area contributed by atoms with Crippen molar-refractivity contribution in [1.82, 2.24) is 5.32 Å². The molecule has 1 aromatic rings. The third-order valence-corrected chi connectivity index (χ3v) is 3.44. The van der Waals surface area contributed by atoms with Crippen LogP contribution in [0.15, 0.2) is 18.2 Å². The molecule has 0 aliphatic rings. The monoisotopic (exact) mass is 292 g/mol. The molecule has 0 aromatic heterocycles. The first-order valence-corrected chi connectivity index (χ1v) is 7.68.